The number of fused-ring (bicyclic) bond motifs is 1. The van der Waals surface area contributed by atoms with Gasteiger partial charge in [-0.15, -0.1) is 35.3 Å². The Morgan fingerprint density at radius 3 is 2.81 bits per heavy atom. The van der Waals surface area contributed by atoms with E-state index in [9.17, 15) is 0 Å². The number of benzene rings is 1. The number of aliphatic imine (C=N–C) groups is 1. The SMILES string of the molecule is CN=C(NCCOc1ccc2c(c1)OCO2)NCc1sc(C)nc1C.I. The van der Waals surface area contributed by atoms with Crippen LogP contribution >= 0.6 is 35.3 Å². The third-order valence-corrected chi connectivity index (χ3v) is 4.72. The summed E-state index contributed by atoms with van der Waals surface area (Å²) in [5.41, 5.74) is 1.07. The van der Waals surface area contributed by atoms with E-state index in [1.165, 1.54) is 4.88 Å². The highest BCUT2D eigenvalue weighted by atomic mass is 127. The van der Waals surface area contributed by atoms with E-state index in [1.807, 2.05) is 32.0 Å². The molecule has 0 aliphatic carbocycles. The smallest absolute Gasteiger partial charge is 0.231 e. The zero-order valence-corrected chi connectivity index (χ0v) is 18.1. The van der Waals surface area contributed by atoms with Gasteiger partial charge in [0.05, 0.1) is 23.8 Å². The minimum atomic E-state index is 0. The van der Waals surface area contributed by atoms with Gasteiger partial charge in [-0.25, -0.2) is 4.98 Å². The van der Waals surface area contributed by atoms with Crippen LogP contribution in [-0.4, -0.2) is 37.9 Å². The first-order valence-corrected chi connectivity index (χ1v) is 8.87. The molecule has 1 aliphatic heterocycles. The van der Waals surface area contributed by atoms with E-state index in [0.29, 0.717) is 19.7 Å². The molecule has 1 aromatic heterocycles. The zero-order chi connectivity index (χ0) is 17.6. The van der Waals surface area contributed by atoms with E-state index in [0.717, 1.165) is 33.9 Å². The lowest BCUT2D eigenvalue weighted by atomic mass is 10.3. The minimum absolute atomic E-state index is 0. The number of hydrogen-bond acceptors (Lipinski definition) is 6. The Morgan fingerprint density at radius 1 is 1.27 bits per heavy atom. The van der Waals surface area contributed by atoms with Gasteiger partial charge in [-0.3, -0.25) is 4.99 Å². The van der Waals surface area contributed by atoms with Crippen molar-refractivity contribution >= 4 is 41.3 Å². The summed E-state index contributed by atoms with van der Waals surface area (Å²) in [5, 5.41) is 7.60. The Morgan fingerprint density at radius 2 is 2.08 bits per heavy atom. The van der Waals surface area contributed by atoms with Gasteiger partial charge in [0, 0.05) is 18.0 Å². The van der Waals surface area contributed by atoms with Crippen LogP contribution in [-0.2, 0) is 6.54 Å². The van der Waals surface area contributed by atoms with E-state index in [4.69, 9.17) is 14.2 Å². The molecule has 0 spiro atoms. The van der Waals surface area contributed by atoms with Crippen LogP contribution in [0.1, 0.15) is 15.6 Å². The lowest BCUT2D eigenvalue weighted by Gasteiger charge is -2.12. The monoisotopic (exact) mass is 490 g/mol. The number of aryl methyl sites for hydroxylation is 2. The van der Waals surface area contributed by atoms with E-state index < -0.39 is 0 Å². The normalized spacial score (nSPS) is 12.5. The summed E-state index contributed by atoms with van der Waals surface area (Å²) in [6, 6.07) is 5.56. The summed E-state index contributed by atoms with van der Waals surface area (Å²) in [5.74, 6) is 2.96. The molecule has 7 nitrogen and oxygen atoms in total. The van der Waals surface area contributed by atoms with Crippen LogP contribution in [0.3, 0.4) is 0 Å². The summed E-state index contributed by atoms with van der Waals surface area (Å²) in [4.78, 5) is 9.87. The van der Waals surface area contributed by atoms with Crippen LogP contribution < -0.4 is 24.8 Å². The summed E-state index contributed by atoms with van der Waals surface area (Å²) < 4.78 is 16.3. The molecule has 0 fully saturated rings. The molecule has 0 unspecified atom stereocenters. The second kappa shape index (κ2) is 9.81. The van der Waals surface area contributed by atoms with Gasteiger partial charge in [-0.1, -0.05) is 0 Å². The first kappa shape index (κ1) is 20.6. The molecule has 2 N–H and O–H groups in total. The fourth-order valence-electron chi connectivity index (χ4n) is 2.43. The Kier molecular flexibility index (Phi) is 7.76. The molecule has 1 aromatic carbocycles. The maximum Gasteiger partial charge on any atom is 0.231 e. The molecule has 9 heteroatoms. The van der Waals surface area contributed by atoms with Gasteiger partial charge in [-0.05, 0) is 26.0 Å². The van der Waals surface area contributed by atoms with E-state index in [2.05, 4.69) is 20.6 Å². The lowest BCUT2D eigenvalue weighted by Crippen LogP contribution is -2.38. The maximum atomic E-state index is 5.72. The molecule has 0 amide bonds. The summed E-state index contributed by atoms with van der Waals surface area (Å²) >= 11 is 1.70. The Labute approximate surface area is 174 Å². The van der Waals surface area contributed by atoms with E-state index in [-0.39, 0.29) is 30.8 Å². The molecule has 2 aromatic rings. The molecule has 26 heavy (non-hydrogen) atoms. The van der Waals surface area contributed by atoms with Crippen molar-refractivity contribution in [2.45, 2.75) is 20.4 Å². The maximum absolute atomic E-state index is 5.72. The highest BCUT2D eigenvalue weighted by Gasteiger charge is 2.13. The average Bonchev–Trinajstić information content (AvgIpc) is 3.19. The zero-order valence-electron chi connectivity index (χ0n) is 15.0. The number of thiazole rings is 1. The Balaban J connectivity index is 0.00000243. The van der Waals surface area contributed by atoms with Crippen molar-refractivity contribution in [3.05, 3.63) is 33.8 Å². The van der Waals surface area contributed by atoms with Crippen LogP contribution in [0.2, 0.25) is 0 Å². The van der Waals surface area contributed by atoms with Gasteiger partial charge >= 0.3 is 0 Å². The molecule has 142 valence electrons. The van der Waals surface area contributed by atoms with Crippen LogP contribution in [0.15, 0.2) is 23.2 Å². The summed E-state index contributed by atoms with van der Waals surface area (Å²) in [6.07, 6.45) is 0. The molecule has 1 aliphatic rings. The fourth-order valence-corrected chi connectivity index (χ4v) is 3.30. The highest BCUT2D eigenvalue weighted by Crippen LogP contribution is 2.34. The van der Waals surface area contributed by atoms with Crippen LogP contribution in [0.25, 0.3) is 0 Å². The second-order valence-corrected chi connectivity index (χ2v) is 6.75. The molecular weight excluding hydrogens is 467 g/mol. The highest BCUT2D eigenvalue weighted by molar-refractivity contribution is 14.0. The molecule has 0 saturated heterocycles. The van der Waals surface area contributed by atoms with Crippen LogP contribution in [0.4, 0.5) is 0 Å². The number of ether oxygens (including phenoxy) is 3. The van der Waals surface area contributed by atoms with Crippen LogP contribution in [0, 0.1) is 13.8 Å². The number of nitrogens with one attached hydrogen (secondary N) is 2. The quantitative estimate of drug-likeness (QED) is 0.281. The fraction of sp³-hybridized carbons (Fsp3) is 0.412. The Hall–Kier alpha value is -1.75. The number of hydrogen-bond donors (Lipinski definition) is 2. The number of rotatable bonds is 6. The van der Waals surface area contributed by atoms with Crippen molar-refractivity contribution < 1.29 is 14.2 Å². The van der Waals surface area contributed by atoms with Crippen molar-refractivity contribution in [3.8, 4) is 17.2 Å². The van der Waals surface area contributed by atoms with Crippen molar-refractivity contribution in [2.24, 2.45) is 4.99 Å². The average molecular weight is 490 g/mol. The molecule has 0 atom stereocenters. The van der Waals surface area contributed by atoms with Crippen molar-refractivity contribution in [1.29, 1.82) is 0 Å². The molecule has 0 bridgehead atoms. The topological polar surface area (TPSA) is 77.0 Å². The summed E-state index contributed by atoms with van der Waals surface area (Å²) in [7, 11) is 1.75. The minimum Gasteiger partial charge on any atom is -0.492 e. The van der Waals surface area contributed by atoms with Gasteiger partial charge < -0.3 is 24.8 Å². The summed E-state index contributed by atoms with van der Waals surface area (Å²) in [6.45, 7) is 6.16. The number of nitrogens with zero attached hydrogens (tertiary/aromatic N) is 2. The van der Waals surface area contributed by atoms with E-state index >= 15 is 0 Å². The predicted molar refractivity (Wildman–Crippen MR) is 113 cm³/mol. The Bertz CT molecular complexity index is 766. The standard InChI is InChI=1S/C17H22N4O3S.HI/c1-11-16(25-12(2)21-11)9-20-17(18-3)19-6-7-22-13-4-5-14-15(8-13)24-10-23-14;/h4-5,8H,6-7,9-10H2,1-3H3,(H2,18,19,20);1H. The van der Waals surface area contributed by atoms with Gasteiger partial charge in [0.15, 0.2) is 17.5 Å². The largest absolute Gasteiger partial charge is 0.492 e. The van der Waals surface area contributed by atoms with Crippen LogP contribution in [0.5, 0.6) is 17.2 Å². The third kappa shape index (κ3) is 5.37. The number of halogens is 1. The molecule has 0 radical (unpaired) electrons. The van der Waals surface area contributed by atoms with Gasteiger partial charge in [0.1, 0.15) is 12.4 Å². The predicted octanol–water partition coefficient (Wildman–Crippen LogP) is 2.85. The first-order chi connectivity index (χ1) is 12.2. The molecule has 0 saturated carbocycles. The second-order valence-electron chi connectivity index (χ2n) is 5.46. The first-order valence-electron chi connectivity index (χ1n) is 8.05. The third-order valence-electron chi connectivity index (χ3n) is 3.65. The number of aromatic nitrogens is 1. The van der Waals surface area contributed by atoms with Gasteiger partial charge in [-0.2, -0.15) is 0 Å². The van der Waals surface area contributed by atoms with Gasteiger partial charge in [0.2, 0.25) is 6.79 Å². The molecule has 2 heterocycles. The van der Waals surface area contributed by atoms with Gasteiger partial charge in [0.25, 0.3) is 0 Å². The van der Waals surface area contributed by atoms with Crippen molar-refractivity contribution in [2.75, 3.05) is 27.0 Å². The number of guanidine groups is 1. The van der Waals surface area contributed by atoms with E-state index in [1.54, 1.807) is 18.4 Å². The van der Waals surface area contributed by atoms with Crippen molar-refractivity contribution in [1.82, 2.24) is 15.6 Å². The lowest BCUT2D eigenvalue weighted by molar-refractivity contribution is 0.173. The van der Waals surface area contributed by atoms with Crippen molar-refractivity contribution in [3.63, 3.8) is 0 Å². The molecule has 3 rings (SSSR count). The molecular formula is C17H23IN4O3S.